The smallest absolute Gasteiger partial charge is 0.261 e. The maximum Gasteiger partial charge on any atom is 0.261 e. The predicted octanol–water partition coefficient (Wildman–Crippen LogP) is 3.02. The van der Waals surface area contributed by atoms with E-state index in [1.807, 2.05) is 71.5 Å². The van der Waals surface area contributed by atoms with Crippen molar-refractivity contribution in [2.24, 2.45) is 0 Å². The van der Waals surface area contributed by atoms with Gasteiger partial charge in [0.15, 0.2) is 6.10 Å². The van der Waals surface area contributed by atoms with Crippen molar-refractivity contribution < 1.29 is 9.53 Å². The molecule has 3 rings (SSSR count). The molecule has 0 saturated heterocycles. The van der Waals surface area contributed by atoms with E-state index in [0.29, 0.717) is 12.3 Å². The Bertz CT molecular complexity index is 784. The largest absolute Gasteiger partial charge is 0.481 e. The number of carbonyl (C=O) groups is 1. The number of carbonyl (C=O) groups excluding carboxylic acids is 1. The summed E-state index contributed by atoms with van der Waals surface area (Å²) in [6.45, 7) is 2.96. The number of ether oxygens (including phenoxy) is 1. The lowest BCUT2D eigenvalue weighted by molar-refractivity contribution is -0.127. The first-order chi connectivity index (χ1) is 12.2. The summed E-state index contributed by atoms with van der Waals surface area (Å²) in [5.41, 5.74) is 2.21. The Balaban J connectivity index is 1.48. The number of para-hydroxylation sites is 1. The molecule has 128 valence electrons. The number of benzene rings is 2. The third-order valence-electron chi connectivity index (χ3n) is 3.82. The summed E-state index contributed by atoms with van der Waals surface area (Å²) in [6, 6.07) is 19.4. The molecule has 1 N–H and O–H groups in total. The van der Waals surface area contributed by atoms with Crippen molar-refractivity contribution in [1.29, 1.82) is 0 Å². The molecule has 25 heavy (non-hydrogen) atoms. The van der Waals surface area contributed by atoms with Crippen molar-refractivity contribution in [1.82, 2.24) is 15.1 Å². The maximum absolute atomic E-state index is 12.2. The van der Waals surface area contributed by atoms with Crippen LogP contribution in [0.4, 0.5) is 0 Å². The zero-order valence-electron chi connectivity index (χ0n) is 14.1. The van der Waals surface area contributed by atoms with Gasteiger partial charge in [0.2, 0.25) is 0 Å². The first-order valence-electron chi connectivity index (χ1n) is 8.25. The molecule has 0 fully saturated rings. The number of rotatable bonds is 7. The van der Waals surface area contributed by atoms with Crippen LogP contribution < -0.4 is 10.1 Å². The van der Waals surface area contributed by atoms with Crippen LogP contribution in [0, 0.1) is 0 Å². The summed E-state index contributed by atoms with van der Waals surface area (Å²) in [5, 5.41) is 7.10. The Morgan fingerprint density at radius 2 is 1.80 bits per heavy atom. The van der Waals surface area contributed by atoms with Crippen molar-refractivity contribution in [2.75, 3.05) is 0 Å². The number of nitrogens with zero attached hydrogens (tertiary/aromatic N) is 2. The lowest BCUT2D eigenvalue weighted by Crippen LogP contribution is -2.35. The summed E-state index contributed by atoms with van der Waals surface area (Å²) < 4.78 is 7.50. The molecule has 0 spiro atoms. The molecule has 0 aliphatic rings. The summed E-state index contributed by atoms with van der Waals surface area (Å²) in [4.78, 5) is 12.2. The number of aromatic nitrogens is 2. The SMILES string of the molecule is C[C@@H](Oc1ccccc1)C(=O)NCc1ccc(Cn2cccn2)cc1. The molecule has 0 saturated carbocycles. The molecule has 0 unspecified atom stereocenters. The second-order valence-electron chi connectivity index (χ2n) is 5.81. The van der Waals surface area contributed by atoms with E-state index in [-0.39, 0.29) is 5.91 Å². The highest BCUT2D eigenvalue weighted by Gasteiger charge is 2.13. The van der Waals surface area contributed by atoms with Crippen molar-refractivity contribution in [2.45, 2.75) is 26.1 Å². The van der Waals surface area contributed by atoms with Gasteiger partial charge in [-0.25, -0.2) is 0 Å². The molecule has 0 aliphatic heterocycles. The molecule has 3 aromatic rings. The van der Waals surface area contributed by atoms with E-state index in [2.05, 4.69) is 10.4 Å². The summed E-state index contributed by atoms with van der Waals surface area (Å²) >= 11 is 0. The van der Waals surface area contributed by atoms with Gasteiger partial charge in [0, 0.05) is 18.9 Å². The average Bonchev–Trinajstić information content (AvgIpc) is 3.14. The molecule has 1 amide bonds. The van der Waals surface area contributed by atoms with Crippen LogP contribution in [0.15, 0.2) is 73.1 Å². The van der Waals surface area contributed by atoms with Crippen LogP contribution in [0.25, 0.3) is 0 Å². The topological polar surface area (TPSA) is 56.1 Å². The Labute approximate surface area is 147 Å². The molecule has 1 aromatic heterocycles. The molecular formula is C20H21N3O2. The Morgan fingerprint density at radius 1 is 1.08 bits per heavy atom. The fraction of sp³-hybridized carbons (Fsp3) is 0.200. The quantitative estimate of drug-likeness (QED) is 0.722. The second-order valence-corrected chi connectivity index (χ2v) is 5.81. The van der Waals surface area contributed by atoms with Crippen molar-refractivity contribution in [3.8, 4) is 5.75 Å². The monoisotopic (exact) mass is 335 g/mol. The Hall–Kier alpha value is -3.08. The van der Waals surface area contributed by atoms with Gasteiger partial charge in [0.25, 0.3) is 5.91 Å². The molecule has 2 aromatic carbocycles. The predicted molar refractivity (Wildman–Crippen MR) is 96.1 cm³/mol. The Kier molecular flexibility index (Phi) is 5.46. The second kappa shape index (κ2) is 8.15. The van der Waals surface area contributed by atoms with Crippen LogP contribution >= 0.6 is 0 Å². The van der Waals surface area contributed by atoms with E-state index >= 15 is 0 Å². The van der Waals surface area contributed by atoms with E-state index in [9.17, 15) is 4.79 Å². The molecule has 0 aliphatic carbocycles. The fourth-order valence-corrected chi connectivity index (χ4v) is 2.43. The van der Waals surface area contributed by atoms with Crippen molar-refractivity contribution >= 4 is 5.91 Å². The lowest BCUT2D eigenvalue weighted by atomic mass is 10.1. The van der Waals surface area contributed by atoms with Gasteiger partial charge in [-0.3, -0.25) is 9.48 Å². The fourth-order valence-electron chi connectivity index (χ4n) is 2.43. The minimum Gasteiger partial charge on any atom is -0.481 e. The van der Waals surface area contributed by atoms with Gasteiger partial charge in [-0.1, -0.05) is 42.5 Å². The van der Waals surface area contributed by atoms with Crippen molar-refractivity contribution in [3.63, 3.8) is 0 Å². The third kappa shape index (κ3) is 4.94. The van der Waals surface area contributed by atoms with Gasteiger partial charge >= 0.3 is 0 Å². The van der Waals surface area contributed by atoms with Gasteiger partial charge in [0.05, 0.1) is 6.54 Å². The standard InChI is InChI=1S/C20H21N3O2/c1-16(25-19-6-3-2-4-7-19)20(24)21-14-17-8-10-18(11-9-17)15-23-13-5-12-22-23/h2-13,16H,14-15H2,1H3,(H,21,24)/t16-/m1/s1. The van der Waals surface area contributed by atoms with Crippen LogP contribution in [-0.4, -0.2) is 21.8 Å². The van der Waals surface area contributed by atoms with Crippen LogP contribution in [-0.2, 0) is 17.9 Å². The number of hydrogen-bond acceptors (Lipinski definition) is 3. The molecule has 5 nitrogen and oxygen atoms in total. The third-order valence-corrected chi connectivity index (χ3v) is 3.82. The number of amides is 1. The summed E-state index contributed by atoms with van der Waals surface area (Å²) in [5.74, 6) is 0.553. The molecular weight excluding hydrogens is 314 g/mol. The van der Waals surface area contributed by atoms with Gasteiger partial charge in [-0.15, -0.1) is 0 Å². The molecule has 0 radical (unpaired) electrons. The zero-order valence-corrected chi connectivity index (χ0v) is 14.1. The van der Waals surface area contributed by atoms with Gasteiger partial charge in [0.1, 0.15) is 5.75 Å². The highest BCUT2D eigenvalue weighted by atomic mass is 16.5. The van der Waals surface area contributed by atoms with Crippen LogP contribution in [0.1, 0.15) is 18.1 Å². The van der Waals surface area contributed by atoms with Gasteiger partial charge < -0.3 is 10.1 Å². The Morgan fingerprint density at radius 3 is 2.48 bits per heavy atom. The highest BCUT2D eigenvalue weighted by Crippen LogP contribution is 2.11. The number of hydrogen-bond donors (Lipinski definition) is 1. The van der Waals surface area contributed by atoms with Crippen molar-refractivity contribution in [3.05, 3.63) is 84.2 Å². The molecule has 5 heteroatoms. The van der Waals surface area contributed by atoms with E-state index in [0.717, 1.165) is 12.1 Å². The van der Waals surface area contributed by atoms with Crippen LogP contribution in [0.2, 0.25) is 0 Å². The lowest BCUT2D eigenvalue weighted by Gasteiger charge is -2.14. The van der Waals surface area contributed by atoms with E-state index in [1.165, 1.54) is 5.56 Å². The minimum absolute atomic E-state index is 0.135. The summed E-state index contributed by atoms with van der Waals surface area (Å²) in [7, 11) is 0. The minimum atomic E-state index is -0.540. The normalized spacial score (nSPS) is 11.7. The maximum atomic E-state index is 12.2. The van der Waals surface area contributed by atoms with Gasteiger partial charge in [-0.05, 0) is 36.2 Å². The zero-order chi connectivity index (χ0) is 17.5. The molecule has 1 heterocycles. The average molecular weight is 335 g/mol. The first-order valence-corrected chi connectivity index (χ1v) is 8.25. The highest BCUT2D eigenvalue weighted by molar-refractivity contribution is 5.80. The van der Waals surface area contributed by atoms with Crippen LogP contribution in [0.3, 0.4) is 0 Å². The molecule has 0 bridgehead atoms. The van der Waals surface area contributed by atoms with Gasteiger partial charge in [-0.2, -0.15) is 5.10 Å². The van der Waals surface area contributed by atoms with E-state index in [4.69, 9.17) is 4.74 Å². The number of nitrogens with one attached hydrogen (secondary N) is 1. The first kappa shape index (κ1) is 16.8. The van der Waals surface area contributed by atoms with E-state index < -0.39 is 6.10 Å². The molecule has 1 atom stereocenters. The van der Waals surface area contributed by atoms with E-state index in [1.54, 1.807) is 13.1 Å². The van der Waals surface area contributed by atoms with Crippen LogP contribution in [0.5, 0.6) is 5.75 Å². The summed E-state index contributed by atoms with van der Waals surface area (Å²) in [6.07, 6.45) is 3.16.